The molecule has 1 aliphatic heterocycles. The summed E-state index contributed by atoms with van der Waals surface area (Å²) in [5.41, 5.74) is 1.97. The number of hydrogen-bond acceptors (Lipinski definition) is 3. The van der Waals surface area contributed by atoms with Crippen molar-refractivity contribution in [3.8, 4) is 0 Å². The van der Waals surface area contributed by atoms with Gasteiger partial charge in [-0.2, -0.15) is 5.10 Å². The first-order valence-corrected chi connectivity index (χ1v) is 8.54. The van der Waals surface area contributed by atoms with E-state index in [9.17, 15) is 4.79 Å². The van der Waals surface area contributed by atoms with Gasteiger partial charge in [0.25, 0.3) is 0 Å². The van der Waals surface area contributed by atoms with Crippen LogP contribution in [0.4, 0.5) is 0 Å². The van der Waals surface area contributed by atoms with E-state index in [4.69, 9.17) is 0 Å². The molecule has 122 valence electrons. The van der Waals surface area contributed by atoms with Gasteiger partial charge in [0.05, 0.1) is 0 Å². The van der Waals surface area contributed by atoms with E-state index >= 15 is 0 Å². The summed E-state index contributed by atoms with van der Waals surface area (Å²) in [6.07, 6.45) is 3.81. The Hall–Kier alpha value is -2.46. The lowest BCUT2D eigenvalue weighted by atomic mass is 9.88. The van der Waals surface area contributed by atoms with E-state index in [1.165, 1.54) is 0 Å². The van der Waals surface area contributed by atoms with E-state index in [1.54, 1.807) is 6.20 Å². The molecule has 4 rings (SSSR count). The summed E-state index contributed by atoms with van der Waals surface area (Å²) >= 11 is 0. The van der Waals surface area contributed by atoms with Gasteiger partial charge in [0.2, 0.25) is 0 Å². The van der Waals surface area contributed by atoms with Crippen molar-refractivity contribution in [2.75, 3.05) is 13.1 Å². The van der Waals surface area contributed by atoms with Crippen molar-refractivity contribution in [1.82, 2.24) is 15.1 Å². The number of aromatic nitrogens is 2. The SMILES string of the molecule is O=C(c1cccc2ccccc12)C1CCCN(Cc2ccn[nH]2)C1. The maximum absolute atomic E-state index is 13.1. The van der Waals surface area contributed by atoms with Gasteiger partial charge in [-0.05, 0) is 36.2 Å². The number of ketones is 1. The molecule has 4 nitrogen and oxygen atoms in total. The highest BCUT2D eigenvalue weighted by molar-refractivity contribution is 6.09. The first kappa shape index (κ1) is 15.1. The highest BCUT2D eigenvalue weighted by atomic mass is 16.1. The molecule has 2 heterocycles. The summed E-state index contributed by atoms with van der Waals surface area (Å²) in [5, 5.41) is 9.21. The number of nitrogens with zero attached hydrogens (tertiary/aromatic N) is 2. The van der Waals surface area contributed by atoms with E-state index < -0.39 is 0 Å². The number of nitrogens with one attached hydrogen (secondary N) is 1. The smallest absolute Gasteiger partial charge is 0.167 e. The number of rotatable bonds is 4. The van der Waals surface area contributed by atoms with Crippen molar-refractivity contribution in [2.45, 2.75) is 19.4 Å². The minimum atomic E-state index is 0.0764. The van der Waals surface area contributed by atoms with Crippen LogP contribution in [0, 0.1) is 5.92 Å². The van der Waals surface area contributed by atoms with Crippen LogP contribution in [0.15, 0.2) is 54.7 Å². The second-order valence-electron chi connectivity index (χ2n) is 6.55. The second-order valence-corrected chi connectivity index (χ2v) is 6.55. The molecule has 0 amide bonds. The Morgan fingerprint density at radius 1 is 1.17 bits per heavy atom. The summed E-state index contributed by atoms with van der Waals surface area (Å²) in [5.74, 6) is 0.355. The minimum Gasteiger partial charge on any atom is -0.297 e. The summed E-state index contributed by atoms with van der Waals surface area (Å²) in [7, 11) is 0. The molecule has 3 aromatic rings. The number of Topliss-reactive ketones (excluding diaryl/α,β-unsaturated/α-hetero) is 1. The Kier molecular flexibility index (Phi) is 4.13. The molecule has 1 aromatic heterocycles. The van der Waals surface area contributed by atoms with Gasteiger partial charge in [0, 0.05) is 36.5 Å². The van der Waals surface area contributed by atoms with Crippen LogP contribution in [0.25, 0.3) is 10.8 Å². The van der Waals surface area contributed by atoms with E-state index in [-0.39, 0.29) is 11.7 Å². The van der Waals surface area contributed by atoms with Crippen molar-refractivity contribution in [1.29, 1.82) is 0 Å². The summed E-state index contributed by atoms with van der Waals surface area (Å²) < 4.78 is 0. The Morgan fingerprint density at radius 2 is 2.04 bits per heavy atom. The highest BCUT2D eigenvalue weighted by Crippen LogP contribution is 2.26. The molecule has 0 saturated carbocycles. The number of aromatic amines is 1. The topological polar surface area (TPSA) is 49.0 Å². The summed E-state index contributed by atoms with van der Waals surface area (Å²) in [6.45, 7) is 2.69. The van der Waals surface area contributed by atoms with Gasteiger partial charge in [-0.15, -0.1) is 0 Å². The monoisotopic (exact) mass is 319 g/mol. The van der Waals surface area contributed by atoms with Crippen molar-refractivity contribution >= 4 is 16.6 Å². The second kappa shape index (κ2) is 6.57. The van der Waals surface area contributed by atoms with Gasteiger partial charge in [0.1, 0.15) is 0 Å². The lowest BCUT2D eigenvalue weighted by Crippen LogP contribution is -2.38. The normalized spacial score (nSPS) is 18.8. The number of piperidine rings is 1. The van der Waals surface area contributed by atoms with Gasteiger partial charge >= 0.3 is 0 Å². The number of benzene rings is 2. The minimum absolute atomic E-state index is 0.0764. The lowest BCUT2D eigenvalue weighted by molar-refractivity contribution is 0.0812. The quantitative estimate of drug-likeness (QED) is 0.747. The fraction of sp³-hybridized carbons (Fsp3) is 0.300. The van der Waals surface area contributed by atoms with Crippen LogP contribution >= 0.6 is 0 Å². The van der Waals surface area contributed by atoms with Gasteiger partial charge in [-0.3, -0.25) is 14.8 Å². The molecule has 0 radical (unpaired) electrons. The van der Waals surface area contributed by atoms with Crippen LogP contribution in [0.5, 0.6) is 0 Å². The molecule has 1 fully saturated rings. The van der Waals surface area contributed by atoms with E-state index in [1.807, 2.05) is 36.4 Å². The predicted octanol–water partition coefficient (Wildman–Crippen LogP) is 3.66. The maximum atomic E-state index is 13.1. The van der Waals surface area contributed by atoms with E-state index in [2.05, 4.69) is 27.2 Å². The van der Waals surface area contributed by atoms with E-state index in [0.717, 1.165) is 54.5 Å². The molecule has 1 saturated heterocycles. The average molecular weight is 319 g/mol. The Bertz CT molecular complexity index is 836. The largest absolute Gasteiger partial charge is 0.297 e. The number of hydrogen-bond donors (Lipinski definition) is 1. The average Bonchev–Trinajstić information content (AvgIpc) is 3.14. The van der Waals surface area contributed by atoms with Crippen molar-refractivity contribution in [3.63, 3.8) is 0 Å². The number of likely N-dealkylation sites (tertiary alicyclic amines) is 1. The third kappa shape index (κ3) is 2.97. The van der Waals surface area contributed by atoms with Crippen LogP contribution in [-0.2, 0) is 6.54 Å². The zero-order chi connectivity index (χ0) is 16.4. The Labute approximate surface area is 141 Å². The molecule has 4 heteroatoms. The van der Waals surface area contributed by atoms with Crippen molar-refractivity contribution in [3.05, 3.63) is 66.0 Å². The fourth-order valence-corrected chi connectivity index (χ4v) is 3.69. The molecule has 1 atom stereocenters. The van der Waals surface area contributed by atoms with Crippen LogP contribution < -0.4 is 0 Å². The van der Waals surface area contributed by atoms with Gasteiger partial charge < -0.3 is 0 Å². The fourth-order valence-electron chi connectivity index (χ4n) is 3.69. The van der Waals surface area contributed by atoms with Crippen LogP contribution in [0.1, 0.15) is 28.9 Å². The molecule has 24 heavy (non-hydrogen) atoms. The maximum Gasteiger partial charge on any atom is 0.167 e. The van der Waals surface area contributed by atoms with Gasteiger partial charge in [-0.1, -0.05) is 42.5 Å². The lowest BCUT2D eigenvalue weighted by Gasteiger charge is -2.31. The molecular formula is C20H21N3O. The summed E-state index contributed by atoms with van der Waals surface area (Å²) in [4.78, 5) is 15.5. The number of carbonyl (C=O) groups excluding carboxylic acids is 1. The molecule has 1 N–H and O–H groups in total. The van der Waals surface area contributed by atoms with Crippen LogP contribution in [0.2, 0.25) is 0 Å². The van der Waals surface area contributed by atoms with E-state index in [0.29, 0.717) is 0 Å². The molecule has 1 unspecified atom stereocenters. The van der Waals surface area contributed by atoms with Gasteiger partial charge in [0.15, 0.2) is 5.78 Å². The zero-order valence-electron chi connectivity index (χ0n) is 13.6. The molecule has 2 aromatic carbocycles. The molecule has 0 spiro atoms. The number of fused-ring (bicyclic) bond motifs is 1. The predicted molar refractivity (Wildman–Crippen MR) is 94.9 cm³/mol. The molecule has 0 bridgehead atoms. The Balaban J connectivity index is 1.55. The first-order chi connectivity index (χ1) is 11.8. The van der Waals surface area contributed by atoms with Crippen molar-refractivity contribution in [2.24, 2.45) is 5.92 Å². The third-order valence-corrected chi connectivity index (χ3v) is 4.88. The number of H-pyrrole nitrogens is 1. The van der Waals surface area contributed by atoms with Crippen LogP contribution in [0.3, 0.4) is 0 Å². The molecule has 1 aliphatic rings. The third-order valence-electron chi connectivity index (χ3n) is 4.88. The van der Waals surface area contributed by atoms with Crippen LogP contribution in [-0.4, -0.2) is 34.0 Å². The zero-order valence-corrected chi connectivity index (χ0v) is 13.6. The van der Waals surface area contributed by atoms with Crippen molar-refractivity contribution < 1.29 is 4.79 Å². The summed E-state index contributed by atoms with van der Waals surface area (Å²) in [6, 6.07) is 16.2. The highest BCUT2D eigenvalue weighted by Gasteiger charge is 2.27. The molecule has 0 aliphatic carbocycles. The number of carbonyl (C=O) groups is 1. The Morgan fingerprint density at radius 3 is 2.92 bits per heavy atom. The first-order valence-electron chi connectivity index (χ1n) is 8.54. The molecular weight excluding hydrogens is 298 g/mol. The standard InChI is InChI=1S/C20H21N3O/c24-20(19-9-3-6-15-5-1-2-8-18(15)19)16-7-4-12-23(13-16)14-17-10-11-21-22-17/h1-3,5-6,8-11,16H,4,7,12-14H2,(H,21,22). The van der Waals surface area contributed by atoms with Gasteiger partial charge in [-0.25, -0.2) is 0 Å².